The first kappa shape index (κ1) is 30.5. The van der Waals surface area contributed by atoms with Crippen molar-refractivity contribution in [2.45, 2.75) is 38.8 Å². The molecular formula is C25H23BrF6N4O2S. The number of nitrogens with one attached hydrogen (secondary N) is 2. The normalized spacial score (nSPS) is 12.8. The van der Waals surface area contributed by atoms with Crippen molar-refractivity contribution in [2.75, 3.05) is 17.3 Å². The zero-order chi connectivity index (χ0) is 29.1. The molecule has 14 heteroatoms. The molecule has 0 fully saturated rings. The van der Waals surface area contributed by atoms with Crippen molar-refractivity contribution >= 4 is 45.2 Å². The van der Waals surface area contributed by atoms with E-state index in [1.165, 1.54) is 24.3 Å². The highest BCUT2D eigenvalue weighted by Crippen LogP contribution is 2.35. The van der Waals surface area contributed by atoms with E-state index in [2.05, 4.69) is 31.7 Å². The van der Waals surface area contributed by atoms with Crippen LogP contribution in [0.15, 0.2) is 46.9 Å². The van der Waals surface area contributed by atoms with Gasteiger partial charge in [0.2, 0.25) is 0 Å². The van der Waals surface area contributed by atoms with Gasteiger partial charge in [-0.2, -0.15) is 43.2 Å². The average Bonchev–Trinajstić information content (AvgIpc) is 3.25. The Morgan fingerprint density at radius 3 is 2.33 bits per heavy atom. The van der Waals surface area contributed by atoms with E-state index in [0.29, 0.717) is 21.5 Å². The molecule has 0 radical (unpaired) electrons. The molecule has 2 N–H and O–H groups in total. The van der Waals surface area contributed by atoms with E-state index < -0.39 is 42.1 Å². The maximum Gasteiger partial charge on any atom is 0.435 e. The van der Waals surface area contributed by atoms with Gasteiger partial charge in [-0.15, -0.1) is 0 Å². The summed E-state index contributed by atoms with van der Waals surface area (Å²) in [5.41, 5.74) is -1.98. The van der Waals surface area contributed by atoms with Crippen LogP contribution in [-0.4, -0.2) is 39.6 Å². The molecule has 0 unspecified atom stereocenters. The molecule has 0 aliphatic rings. The number of amides is 2. The molecule has 0 saturated carbocycles. The van der Waals surface area contributed by atoms with E-state index in [-0.39, 0.29) is 33.5 Å². The van der Waals surface area contributed by atoms with Crippen molar-refractivity contribution in [3.63, 3.8) is 0 Å². The number of thioether (sulfide) groups is 1. The standard InChI is InChI=1S/C25H23BrF6N4O2S/c1-13-9-15(11-36-20(25(30,31)32)10-19(35-36)24(27,28)29)7-8-18(13)34-22(37)16-5-4-6-17(26)21(16)23(38)33-14(2)12-39-3/h4-10,14H,11-12H2,1-3H3,(H,33,38)(H,34,37)/t14-/m0/s1. The number of anilines is 1. The Kier molecular flexibility index (Phi) is 9.42. The van der Waals surface area contributed by atoms with Crippen LogP contribution in [0.5, 0.6) is 0 Å². The third-order valence-electron chi connectivity index (χ3n) is 5.51. The quantitative estimate of drug-likeness (QED) is 0.268. The van der Waals surface area contributed by atoms with Crippen LogP contribution in [0.4, 0.5) is 32.0 Å². The predicted molar refractivity (Wildman–Crippen MR) is 140 cm³/mol. The van der Waals surface area contributed by atoms with Gasteiger partial charge in [-0.1, -0.05) is 18.2 Å². The lowest BCUT2D eigenvalue weighted by Gasteiger charge is -2.17. The minimum absolute atomic E-state index is 0.0327. The van der Waals surface area contributed by atoms with E-state index in [9.17, 15) is 35.9 Å². The van der Waals surface area contributed by atoms with Crippen LogP contribution in [-0.2, 0) is 18.9 Å². The highest BCUT2D eigenvalue weighted by Gasteiger charge is 2.41. The minimum atomic E-state index is -5.04. The molecule has 1 aromatic heterocycles. The second-order valence-electron chi connectivity index (χ2n) is 8.66. The summed E-state index contributed by atoms with van der Waals surface area (Å²) in [7, 11) is 0. The first-order chi connectivity index (χ1) is 18.1. The summed E-state index contributed by atoms with van der Waals surface area (Å²) in [6, 6.07) is 8.74. The van der Waals surface area contributed by atoms with E-state index in [4.69, 9.17) is 0 Å². The fourth-order valence-electron chi connectivity index (χ4n) is 3.76. The molecule has 39 heavy (non-hydrogen) atoms. The molecule has 3 rings (SSSR count). The van der Waals surface area contributed by atoms with Gasteiger partial charge in [-0.3, -0.25) is 14.3 Å². The number of aromatic nitrogens is 2. The summed E-state index contributed by atoms with van der Waals surface area (Å²) in [6.45, 7) is 2.83. The highest BCUT2D eigenvalue weighted by molar-refractivity contribution is 9.10. The van der Waals surface area contributed by atoms with Crippen LogP contribution in [0.1, 0.15) is 50.2 Å². The van der Waals surface area contributed by atoms with E-state index in [1.807, 2.05) is 13.2 Å². The van der Waals surface area contributed by atoms with Crippen molar-refractivity contribution in [1.82, 2.24) is 15.1 Å². The SMILES string of the molecule is CSC[C@H](C)NC(=O)c1c(Br)cccc1C(=O)Nc1ccc(Cn2nc(C(F)(F)F)cc2C(F)(F)F)cc1C. The second-order valence-corrected chi connectivity index (χ2v) is 10.4. The number of carbonyl (C=O) groups is 2. The average molecular weight is 637 g/mol. The van der Waals surface area contributed by atoms with Gasteiger partial charge in [0.05, 0.1) is 17.7 Å². The van der Waals surface area contributed by atoms with Gasteiger partial charge in [-0.05, 0) is 65.4 Å². The number of nitrogens with zero attached hydrogens (tertiary/aromatic N) is 2. The van der Waals surface area contributed by atoms with Gasteiger partial charge < -0.3 is 10.6 Å². The predicted octanol–water partition coefficient (Wildman–Crippen LogP) is 6.77. The molecule has 0 spiro atoms. The first-order valence-corrected chi connectivity index (χ1v) is 13.5. The number of aryl methyl sites for hydroxylation is 1. The Bertz CT molecular complexity index is 1370. The lowest BCUT2D eigenvalue weighted by molar-refractivity contribution is -0.144. The van der Waals surface area contributed by atoms with Gasteiger partial charge in [0.25, 0.3) is 11.8 Å². The van der Waals surface area contributed by atoms with Crippen molar-refractivity contribution < 1.29 is 35.9 Å². The summed E-state index contributed by atoms with van der Waals surface area (Å²) in [5, 5.41) is 8.63. The molecule has 2 aromatic carbocycles. The van der Waals surface area contributed by atoms with Crippen molar-refractivity contribution in [1.29, 1.82) is 0 Å². The molecule has 3 aromatic rings. The van der Waals surface area contributed by atoms with Crippen LogP contribution in [0.25, 0.3) is 0 Å². The van der Waals surface area contributed by atoms with E-state index in [1.54, 1.807) is 30.8 Å². The van der Waals surface area contributed by atoms with Gasteiger partial charge in [-0.25, -0.2) is 0 Å². The van der Waals surface area contributed by atoms with Crippen molar-refractivity contribution in [3.8, 4) is 0 Å². The van der Waals surface area contributed by atoms with E-state index in [0.717, 1.165) is 0 Å². The van der Waals surface area contributed by atoms with Crippen molar-refractivity contribution in [3.05, 3.63) is 80.6 Å². The zero-order valence-electron chi connectivity index (χ0n) is 20.8. The van der Waals surface area contributed by atoms with Gasteiger partial charge >= 0.3 is 12.4 Å². The van der Waals surface area contributed by atoms with Gasteiger partial charge in [0.1, 0.15) is 5.69 Å². The number of rotatable bonds is 8. The van der Waals surface area contributed by atoms with Crippen LogP contribution >= 0.6 is 27.7 Å². The summed E-state index contributed by atoms with van der Waals surface area (Å²) < 4.78 is 79.5. The Labute approximate surface area is 232 Å². The van der Waals surface area contributed by atoms with Gasteiger partial charge in [0, 0.05) is 28.0 Å². The number of alkyl halides is 6. The maximum atomic E-state index is 13.3. The Morgan fingerprint density at radius 2 is 1.74 bits per heavy atom. The molecule has 0 saturated heterocycles. The number of halogens is 7. The number of hydrogen-bond donors (Lipinski definition) is 2. The van der Waals surface area contributed by atoms with Crippen LogP contribution in [0, 0.1) is 6.92 Å². The Morgan fingerprint density at radius 1 is 1.05 bits per heavy atom. The fraction of sp³-hybridized carbons (Fsp3) is 0.320. The molecule has 210 valence electrons. The lowest BCUT2D eigenvalue weighted by atomic mass is 10.0. The number of benzene rings is 2. The molecule has 6 nitrogen and oxygen atoms in total. The third-order valence-corrected chi connectivity index (χ3v) is 7.01. The number of carbonyl (C=O) groups excluding carboxylic acids is 2. The number of hydrogen-bond acceptors (Lipinski definition) is 4. The molecule has 1 atom stereocenters. The fourth-order valence-corrected chi connectivity index (χ4v) is 4.89. The van der Waals surface area contributed by atoms with E-state index >= 15 is 0 Å². The molecular weight excluding hydrogens is 614 g/mol. The van der Waals surface area contributed by atoms with Crippen LogP contribution in [0.2, 0.25) is 0 Å². The third kappa shape index (κ3) is 7.56. The largest absolute Gasteiger partial charge is 0.435 e. The summed E-state index contributed by atoms with van der Waals surface area (Å²) >= 11 is 4.87. The second kappa shape index (κ2) is 12.0. The molecule has 0 bridgehead atoms. The summed E-state index contributed by atoms with van der Waals surface area (Å²) in [5.74, 6) is -0.376. The molecule has 1 heterocycles. The zero-order valence-corrected chi connectivity index (χ0v) is 23.2. The Balaban J connectivity index is 1.84. The minimum Gasteiger partial charge on any atom is -0.349 e. The van der Waals surface area contributed by atoms with Crippen LogP contribution < -0.4 is 10.6 Å². The topological polar surface area (TPSA) is 76.0 Å². The van der Waals surface area contributed by atoms with Crippen LogP contribution in [0.3, 0.4) is 0 Å². The summed E-state index contributed by atoms with van der Waals surface area (Å²) in [6.07, 6.45) is -8.18. The summed E-state index contributed by atoms with van der Waals surface area (Å²) in [4.78, 5) is 26.0. The lowest BCUT2D eigenvalue weighted by Crippen LogP contribution is -2.35. The Hall–Kier alpha value is -3.00. The maximum absolute atomic E-state index is 13.3. The first-order valence-electron chi connectivity index (χ1n) is 11.3. The molecule has 2 amide bonds. The monoisotopic (exact) mass is 636 g/mol. The smallest absolute Gasteiger partial charge is 0.349 e. The molecule has 0 aliphatic heterocycles. The molecule has 0 aliphatic carbocycles. The highest BCUT2D eigenvalue weighted by atomic mass is 79.9. The van der Waals surface area contributed by atoms with Gasteiger partial charge in [0.15, 0.2) is 5.69 Å². The van der Waals surface area contributed by atoms with Crippen molar-refractivity contribution in [2.24, 2.45) is 0 Å².